The van der Waals surface area contributed by atoms with Crippen LogP contribution in [0.15, 0.2) is 85.1 Å². The van der Waals surface area contributed by atoms with Gasteiger partial charge in [0, 0.05) is 9.79 Å². The molecular weight excluding hydrogens is 292 g/mol. The van der Waals surface area contributed by atoms with E-state index in [2.05, 4.69) is 5.16 Å². The Morgan fingerprint density at radius 3 is 2.00 bits per heavy atom. The van der Waals surface area contributed by atoms with E-state index in [0.29, 0.717) is 15.0 Å². The van der Waals surface area contributed by atoms with Crippen molar-refractivity contribution in [2.75, 3.05) is 0 Å². The average Bonchev–Trinajstić information content (AvgIpc) is 2.83. The van der Waals surface area contributed by atoms with Crippen molar-refractivity contribution in [2.45, 2.75) is 19.8 Å². The molecule has 0 N–H and O–H groups in total. The molecule has 4 nitrogen and oxygen atoms in total. The van der Waals surface area contributed by atoms with E-state index in [0.717, 1.165) is 9.79 Å². The fourth-order valence-corrected chi connectivity index (χ4v) is 3.32. The Hall–Kier alpha value is -1.92. The van der Waals surface area contributed by atoms with E-state index in [1.54, 1.807) is 0 Å². The van der Waals surface area contributed by atoms with E-state index in [-0.39, 0.29) is 0 Å². The molecule has 2 aromatic carbocycles. The van der Waals surface area contributed by atoms with Gasteiger partial charge in [0.05, 0.1) is 5.16 Å². The van der Waals surface area contributed by atoms with E-state index >= 15 is 0 Å². The first-order valence-electron chi connectivity index (χ1n) is 5.88. The van der Waals surface area contributed by atoms with Crippen LogP contribution in [0.5, 0.6) is 0 Å². The minimum absolute atomic E-state index is 0.447. The van der Waals surface area contributed by atoms with Gasteiger partial charge in [0.15, 0.2) is 0 Å². The van der Waals surface area contributed by atoms with Crippen molar-refractivity contribution in [2.24, 2.45) is 0 Å². The van der Waals surface area contributed by atoms with Gasteiger partial charge in [-0.25, -0.2) is 0 Å². The van der Waals surface area contributed by atoms with Gasteiger partial charge < -0.3 is 5.21 Å². The largest absolute Gasteiger partial charge is 0.359 e. The maximum absolute atomic E-state index is 11.7. The second-order valence-corrected chi connectivity index (χ2v) is 6.00. The van der Waals surface area contributed by atoms with Crippen LogP contribution in [-0.2, 0) is 0 Å². The van der Waals surface area contributed by atoms with E-state index in [1.165, 1.54) is 23.5 Å². The van der Waals surface area contributed by atoms with Crippen molar-refractivity contribution < 1.29 is 9.53 Å². The zero-order chi connectivity index (χ0) is 13.8. The van der Waals surface area contributed by atoms with Gasteiger partial charge in [-0.1, -0.05) is 36.4 Å². The van der Waals surface area contributed by atoms with E-state index in [4.69, 9.17) is 4.63 Å². The monoisotopic (exact) mass is 302 g/mol. The molecule has 0 saturated carbocycles. The van der Waals surface area contributed by atoms with Crippen molar-refractivity contribution in [3.05, 3.63) is 65.9 Å². The summed E-state index contributed by atoms with van der Waals surface area (Å²) in [5.41, 5.74) is 0. The molecule has 20 heavy (non-hydrogen) atoms. The Morgan fingerprint density at radius 1 is 0.850 bits per heavy atom. The summed E-state index contributed by atoms with van der Waals surface area (Å²) >= 11 is 2.75. The number of rotatable bonds is 4. The number of benzene rings is 2. The van der Waals surface area contributed by atoms with Crippen molar-refractivity contribution >= 4 is 23.5 Å². The highest BCUT2D eigenvalue weighted by molar-refractivity contribution is 8.02. The highest BCUT2D eigenvalue weighted by Crippen LogP contribution is 2.35. The summed E-state index contributed by atoms with van der Waals surface area (Å²) in [7, 11) is 0. The summed E-state index contributed by atoms with van der Waals surface area (Å²) in [6, 6.07) is 19.4. The van der Waals surface area contributed by atoms with Gasteiger partial charge in [-0.3, -0.25) is 4.63 Å². The molecule has 3 rings (SSSR count). The van der Waals surface area contributed by atoms with Gasteiger partial charge in [-0.05, 0) is 52.7 Å². The summed E-state index contributed by atoms with van der Waals surface area (Å²) in [6.45, 7) is 0. The van der Waals surface area contributed by atoms with Crippen LogP contribution in [-0.4, -0.2) is 5.16 Å². The Morgan fingerprint density at radius 2 is 1.40 bits per heavy atom. The minimum Gasteiger partial charge on any atom is -0.359 e. The lowest BCUT2D eigenvalue weighted by Gasteiger charge is -1.99. The van der Waals surface area contributed by atoms with Crippen molar-refractivity contribution in [1.29, 1.82) is 0 Å². The molecule has 0 aliphatic rings. The molecule has 0 atom stereocenters. The molecular formula is C14H10N2O2S2. The fraction of sp³-hybridized carbons (Fsp3) is 0. The Balaban J connectivity index is 1.86. The van der Waals surface area contributed by atoms with Crippen molar-refractivity contribution in [1.82, 2.24) is 5.16 Å². The maximum Gasteiger partial charge on any atom is 0.294 e. The molecule has 0 unspecified atom stereocenters. The summed E-state index contributed by atoms with van der Waals surface area (Å²) in [5.74, 6) is 0. The third-order valence-corrected chi connectivity index (χ3v) is 4.60. The smallest absolute Gasteiger partial charge is 0.294 e. The Labute approximate surface area is 124 Å². The molecule has 0 aliphatic heterocycles. The minimum atomic E-state index is 0.447. The van der Waals surface area contributed by atoms with E-state index in [9.17, 15) is 5.21 Å². The number of nitrogens with zero attached hydrogens (tertiary/aromatic N) is 2. The van der Waals surface area contributed by atoms with Gasteiger partial charge in [-0.15, -0.1) is 0 Å². The number of hydrogen-bond acceptors (Lipinski definition) is 5. The lowest BCUT2D eigenvalue weighted by atomic mass is 10.4. The predicted molar refractivity (Wildman–Crippen MR) is 76.6 cm³/mol. The molecule has 0 fully saturated rings. The third kappa shape index (κ3) is 2.97. The maximum atomic E-state index is 11.7. The topological polar surface area (TPSA) is 53.0 Å². The number of aromatic nitrogens is 2. The quantitative estimate of drug-likeness (QED) is 0.689. The lowest BCUT2D eigenvalue weighted by molar-refractivity contribution is -0.832. The summed E-state index contributed by atoms with van der Waals surface area (Å²) in [6.07, 6.45) is 0. The normalized spacial score (nSPS) is 10.6. The predicted octanol–water partition coefficient (Wildman–Crippen LogP) is 3.61. The molecule has 100 valence electrons. The molecule has 0 radical (unpaired) electrons. The molecule has 0 spiro atoms. The summed E-state index contributed by atoms with van der Waals surface area (Å²) in [5, 5.41) is 16.5. The summed E-state index contributed by atoms with van der Waals surface area (Å²) < 4.78 is 4.71. The van der Waals surface area contributed by atoms with E-state index in [1.807, 2.05) is 60.7 Å². The second-order valence-electron chi connectivity index (χ2n) is 3.87. The highest BCUT2D eigenvalue weighted by atomic mass is 32.2. The van der Waals surface area contributed by atoms with Crippen molar-refractivity contribution in [3.63, 3.8) is 0 Å². The first kappa shape index (κ1) is 13.1. The molecule has 0 saturated heterocycles. The van der Waals surface area contributed by atoms with Gasteiger partial charge in [-0.2, -0.15) is 0 Å². The van der Waals surface area contributed by atoms with Crippen LogP contribution in [0.2, 0.25) is 0 Å². The van der Waals surface area contributed by atoms with Gasteiger partial charge in [0.1, 0.15) is 0 Å². The van der Waals surface area contributed by atoms with Crippen LogP contribution in [0.4, 0.5) is 0 Å². The molecule has 0 bridgehead atoms. The molecule has 1 aromatic heterocycles. The Kier molecular flexibility index (Phi) is 3.94. The van der Waals surface area contributed by atoms with Gasteiger partial charge in [0.25, 0.3) is 10.1 Å². The first-order valence-corrected chi connectivity index (χ1v) is 7.52. The SMILES string of the molecule is [O-][n+]1onc(Sc2ccccc2)c1Sc1ccccc1. The lowest BCUT2D eigenvalue weighted by Crippen LogP contribution is -2.24. The molecule has 0 amide bonds. The molecule has 6 heteroatoms. The highest BCUT2D eigenvalue weighted by Gasteiger charge is 2.21. The second kappa shape index (κ2) is 6.02. The van der Waals surface area contributed by atoms with Crippen molar-refractivity contribution in [3.8, 4) is 0 Å². The molecule has 0 aliphatic carbocycles. The van der Waals surface area contributed by atoms with Gasteiger partial charge in [0.2, 0.25) is 0 Å². The molecule has 1 heterocycles. The van der Waals surface area contributed by atoms with Crippen LogP contribution in [0.3, 0.4) is 0 Å². The standard InChI is InChI=1S/C14H10N2O2S2/c17-16-14(20-12-9-5-2-6-10-12)13(15-18-16)19-11-7-3-1-4-8-11/h1-10H. The van der Waals surface area contributed by atoms with E-state index < -0.39 is 0 Å². The molecule has 3 aromatic rings. The van der Waals surface area contributed by atoms with Gasteiger partial charge >= 0.3 is 0 Å². The van der Waals surface area contributed by atoms with Crippen LogP contribution >= 0.6 is 23.5 Å². The number of hydrogen-bond donors (Lipinski definition) is 0. The Bertz CT molecular complexity index is 687. The fourth-order valence-electron chi connectivity index (χ4n) is 1.57. The zero-order valence-electron chi connectivity index (χ0n) is 10.3. The van der Waals surface area contributed by atoms with Crippen LogP contribution in [0, 0.1) is 5.21 Å². The average molecular weight is 302 g/mol. The van der Waals surface area contributed by atoms with Crippen LogP contribution in [0.25, 0.3) is 0 Å². The zero-order valence-corrected chi connectivity index (χ0v) is 11.9. The summed E-state index contributed by atoms with van der Waals surface area (Å²) in [4.78, 5) is 2.43. The van der Waals surface area contributed by atoms with Crippen LogP contribution < -0.4 is 4.90 Å². The third-order valence-electron chi connectivity index (χ3n) is 2.46. The van der Waals surface area contributed by atoms with Crippen LogP contribution in [0.1, 0.15) is 0 Å². The first-order chi connectivity index (χ1) is 9.83.